The maximum Gasteiger partial charge on any atom is 0.191 e. The van der Waals surface area contributed by atoms with E-state index >= 15 is 0 Å². The van der Waals surface area contributed by atoms with Gasteiger partial charge in [0.05, 0.1) is 12.6 Å². The highest BCUT2D eigenvalue weighted by Gasteiger charge is 2.14. The van der Waals surface area contributed by atoms with Crippen LogP contribution < -0.4 is 10.6 Å². The molecular weight excluding hydrogens is 389 g/mol. The summed E-state index contributed by atoms with van der Waals surface area (Å²) in [6.07, 6.45) is -0.577. The van der Waals surface area contributed by atoms with Crippen LogP contribution in [0.1, 0.15) is 51.8 Å². The zero-order chi connectivity index (χ0) is 15.9. The first-order valence-corrected chi connectivity index (χ1v) is 7.69. The van der Waals surface area contributed by atoms with Crippen LogP contribution >= 0.6 is 24.0 Å². The lowest BCUT2D eigenvalue weighted by molar-refractivity contribution is 0.187. The van der Waals surface area contributed by atoms with Crippen LogP contribution in [0.4, 0.5) is 0 Å². The van der Waals surface area contributed by atoms with Gasteiger partial charge in [-0.05, 0) is 30.4 Å². The van der Waals surface area contributed by atoms with Crippen molar-refractivity contribution >= 4 is 29.9 Å². The largest absolute Gasteiger partial charge is 0.386 e. The first kappa shape index (κ1) is 21.2. The molecular formula is C17H30IN3O. The Labute approximate surface area is 151 Å². The van der Waals surface area contributed by atoms with Gasteiger partial charge in [0.15, 0.2) is 5.96 Å². The van der Waals surface area contributed by atoms with Crippen molar-refractivity contribution in [1.82, 2.24) is 10.6 Å². The van der Waals surface area contributed by atoms with Crippen LogP contribution in [-0.2, 0) is 5.41 Å². The van der Waals surface area contributed by atoms with E-state index in [2.05, 4.69) is 48.5 Å². The number of hydrogen-bond donors (Lipinski definition) is 3. The molecule has 5 heteroatoms. The van der Waals surface area contributed by atoms with Crippen LogP contribution in [0.5, 0.6) is 0 Å². The maximum absolute atomic E-state index is 10.2. The fourth-order valence-corrected chi connectivity index (χ4v) is 2.00. The van der Waals surface area contributed by atoms with Gasteiger partial charge in [0.25, 0.3) is 0 Å². The van der Waals surface area contributed by atoms with Crippen molar-refractivity contribution in [3.63, 3.8) is 0 Å². The monoisotopic (exact) mass is 419 g/mol. The average Bonchev–Trinajstić information content (AvgIpc) is 2.44. The topological polar surface area (TPSA) is 56.7 Å². The molecule has 1 aromatic rings. The molecule has 0 amide bonds. The highest BCUT2D eigenvalue weighted by molar-refractivity contribution is 14.0. The molecule has 0 aromatic heterocycles. The Morgan fingerprint density at radius 1 is 1.09 bits per heavy atom. The minimum Gasteiger partial charge on any atom is -0.386 e. The minimum absolute atomic E-state index is 0. The number of hydrogen-bond acceptors (Lipinski definition) is 2. The Kier molecular flexibility index (Phi) is 9.67. The number of benzene rings is 1. The molecule has 126 valence electrons. The molecule has 0 aliphatic carbocycles. The fraction of sp³-hybridized carbons (Fsp3) is 0.588. The van der Waals surface area contributed by atoms with E-state index in [1.54, 1.807) is 0 Å². The summed E-state index contributed by atoms with van der Waals surface area (Å²) in [5.41, 5.74) is 2.30. The third-order valence-corrected chi connectivity index (χ3v) is 3.27. The van der Waals surface area contributed by atoms with E-state index in [-0.39, 0.29) is 29.4 Å². The molecule has 0 heterocycles. The number of aliphatic hydroxyl groups excluding tert-OH is 1. The second-order valence-electron chi connectivity index (χ2n) is 6.14. The predicted octanol–water partition coefficient (Wildman–Crippen LogP) is 3.21. The maximum atomic E-state index is 10.2. The lowest BCUT2D eigenvalue weighted by Gasteiger charge is -2.20. The summed E-state index contributed by atoms with van der Waals surface area (Å²) in [4.78, 5) is 4.40. The SMILES string of the molecule is CCNC(=NCC(O)c1ccc(C(C)(C)C)cc1)NCC.I. The summed E-state index contributed by atoms with van der Waals surface area (Å²) in [6, 6.07) is 8.14. The molecule has 1 atom stereocenters. The van der Waals surface area contributed by atoms with Gasteiger partial charge >= 0.3 is 0 Å². The Bertz CT molecular complexity index is 444. The number of aliphatic hydroxyl groups is 1. The Balaban J connectivity index is 0.00000441. The summed E-state index contributed by atoms with van der Waals surface area (Å²) in [5.74, 6) is 0.741. The summed E-state index contributed by atoms with van der Waals surface area (Å²) < 4.78 is 0. The molecule has 0 aliphatic heterocycles. The predicted molar refractivity (Wildman–Crippen MR) is 105 cm³/mol. The molecule has 0 saturated heterocycles. The number of nitrogens with one attached hydrogen (secondary N) is 2. The number of halogens is 1. The van der Waals surface area contributed by atoms with Gasteiger partial charge in [-0.15, -0.1) is 24.0 Å². The lowest BCUT2D eigenvalue weighted by Crippen LogP contribution is -2.37. The van der Waals surface area contributed by atoms with Gasteiger partial charge in [-0.3, -0.25) is 4.99 Å². The van der Waals surface area contributed by atoms with Gasteiger partial charge in [0.1, 0.15) is 0 Å². The van der Waals surface area contributed by atoms with Crippen LogP contribution in [0.15, 0.2) is 29.3 Å². The number of guanidine groups is 1. The van der Waals surface area contributed by atoms with Crippen molar-refractivity contribution in [3.8, 4) is 0 Å². The van der Waals surface area contributed by atoms with E-state index in [9.17, 15) is 5.11 Å². The first-order valence-electron chi connectivity index (χ1n) is 7.69. The normalized spacial score (nSPS) is 12.1. The summed E-state index contributed by atoms with van der Waals surface area (Å²) in [7, 11) is 0. The van der Waals surface area contributed by atoms with Crippen LogP contribution in [0.2, 0.25) is 0 Å². The molecule has 1 aromatic carbocycles. The zero-order valence-electron chi connectivity index (χ0n) is 14.3. The van der Waals surface area contributed by atoms with Crippen LogP contribution in [0, 0.1) is 0 Å². The quantitative estimate of drug-likeness (QED) is 0.390. The molecule has 0 aliphatic rings. The van der Waals surface area contributed by atoms with Gasteiger partial charge in [-0.2, -0.15) is 0 Å². The first-order chi connectivity index (χ1) is 9.88. The third-order valence-electron chi connectivity index (χ3n) is 3.27. The third kappa shape index (κ3) is 6.96. The molecule has 3 N–H and O–H groups in total. The molecule has 0 radical (unpaired) electrons. The van der Waals surface area contributed by atoms with Crippen molar-refractivity contribution in [2.75, 3.05) is 19.6 Å². The van der Waals surface area contributed by atoms with E-state index in [0.29, 0.717) is 6.54 Å². The highest BCUT2D eigenvalue weighted by atomic mass is 127. The van der Waals surface area contributed by atoms with Crippen molar-refractivity contribution in [1.29, 1.82) is 0 Å². The standard InChI is InChI=1S/C17H29N3O.HI/c1-6-18-16(19-7-2)20-12-15(21)13-8-10-14(11-9-13)17(3,4)5;/h8-11,15,21H,6-7,12H2,1-5H3,(H2,18,19,20);1H. The van der Waals surface area contributed by atoms with E-state index < -0.39 is 6.10 Å². The Morgan fingerprint density at radius 2 is 1.59 bits per heavy atom. The smallest absolute Gasteiger partial charge is 0.191 e. The number of nitrogens with zero attached hydrogens (tertiary/aromatic N) is 1. The van der Waals surface area contributed by atoms with Gasteiger partial charge in [-0.1, -0.05) is 45.0 Å². The van der Waals surface area contributed by atoms with Gasteiger partial charge in [0, 0.05) is 13.1 Å². The number of rotatable bonds is 5. The van der Waals surface area contributed by atoms with E-state index in [0.717, 1.165) is 24.6 Å². The fourth-order valence-electron chi connectivity index (χ4n) is 2.00. The van der Waals surface area contributed by atoms with Crippen LogP contribution in [-0.4, -0.2) is 30.7 Å². The molecule has 0 fully saturated rings. The van der Waals surface area contributed by atoms with Gasteiger partial charge in [-0.25, -0.2) is 0 Å². The molecule has 0 spiro atoms. The molecule has 1 rings (SSSR count). The number of aliphatic imine (C=N–C) groups is 1. The van der Waals surface area contributed by atoms with Crippen molar-refractivity contribution in [2.24, 2.45) is 4.99 Å². The van der Waals surface area contributed by atoms with E-state index in [1.807, 2.05) is 26.0 Å². The van der Waals surface area contributed by atoms with E-state index in [4.69, 9.17) is 0 Å². The van der Waals surface area contributed by atoms with Crippen molar-refractivity contribution < 1.29 is 5.11 Å². The van der Waals surface area contributed by atoms with Gasteiger partial charge in [0.2, 0.25) is 0 Å². The minimum atomic E-state index is -0.577. The second kappa shape index (κ2) is 10.0. The lowest BCUT2D eigenvalue weighted by atomic mass is 9.86. The Morgan fingerprint density at radius 3 is 2.00 bits per heavy atom. The summed E-state index contributed by atoms with van der Waals surface area (Å²) in [5, 5.41) is 16.5. The molecule has 4 nitrogen and oxygen atoms in total. The Hall–Kier alpha value is -0.820. The van der Waals surface area contributed by atoms with Crippen LogP contribution in [0.3, 0.4) is 0 Å². The molecule has 0 bridgehead atoms. The second-order valence-corrected chi connectivity index (χ2v) is 6.14. The highest BCUT2D eigenvalue weighted by Crippen LogP contribution is 2.24. The van der Waals surface area contributed by atoms with Crippen molar-refractivity contribution in [3.05, 3.63) is 35.4 Å². The molecule has 22 heavy (non-hydrogen) atoms. The summed E-state index contributed by atoms with van der Waals surface area (Å²) >= 11 is 0. The summed E-state index contributed by atoms with van der Waals surface area (Å²) in [6.45, 7) is 12.6. The average molecular weight is 419 g/mol. The van der Waals surface area contributed by atoms with Crippen LogP contribution in [0.25, 0.3) is 0 Å². The van der Waals surface area contributed by atoms with E-state index in [1.165, 1.54) is 5.56 Å². The molecule has 0 saturated carbocycles. The van der Waals surface area contributed by atoms with Gasteiger partial charge < -0.3 is 15.7 Å². The zero-order valence-corrected chi connectivity index (χ0v) is 16.6. The molecule has 1 unspecified atom stereocenters. The van der Waals surface area contributed by atoms with Crippen molar-refractivity contribution in [2.45, 2.75) is 46.1 Å².